The van der Waals surface area contributed by atoms with Crippen LogP contribution in [0.4, 0.5) is 0 Å². The molecule has 1 amide bonds. The van der Waals surface area contributed by atoms with Crippen molar-refractivity contribution in [2.75, 3.05) is 11.5 Å². The molecule has 0 aromatic heterocycles. The maximum atomic E-state index is 11.7. The smallest absolute Gasteiger partial charge is 0.303 e. The van der Waals surface area contributed by atoms with Gasteiger partial charge in [0.1, 0.15) is 0 Å². The number of nitrogens with one attached hydrogen (secondary N) is 1. The topological polar surface area (TPSA) is 66.4 Å². The van der Waals surface area contributed by atoms with Crippen LogP contribution in [0, 0.1) is 5.41 Å². The number of carbonyl (C=O) groups is 2. The van der Waals surface area contributed by atoms with E-state index in [0.717, 1.165) is 11.5 Å². The van der Waals surface area contributed by atoms with Gasteiger partial charge in [-0.1, -0.05) is 20.8 Å². The first-order valence-corrected chi connectivity index (χ1v) is 7.01. The summed E-state index contributed by atoms with van der Waals surface area (Å²) >= 11 is 1.78. The third kappa shape index (κ3) is 9.03. The first kappa shape index (κ1) is 16.3. The van der Waals surface area contributed by atoms with Crippen molar-refractivity contribution < 1.29 is 14.7 Å². The van der Waals surface area contributed by atoms with Crippen molar-refractivity contribution in [2.45, 2.75) is 46.6 Å². The fourth-order valence-electron chi connectivity index (χ4n) is 1.57. The third-order valence-electron chi connectivity index (χ3n) is 2.25. The molecule has 0 radical (unpaired) electrons. The van der Waals surface area contributed by atoms with E-state index < -0.39 is 11.4 Å². The normalized spacial score (nSPS) is 13.2. The van der Waals surface area contributed by atoms with Gasteiger partial charge in [0.15, 0.2) is 0 Å². The molecule has 0 aliphatic heterocycles. The van der Waals surface area contributed by atoms with Crippen LogP contribution >= 0.6 is 11.8 Å². The summed E-state index contributed by atoms with van der Waals surface area (Å²) in [5.41, 5.74) is -0.493. The SMILES string of the molecule is CCSCC(C)NC(=O)CC(C)(C)CC(=O)O. The van der Waals surface area contributed by atoms with Gasteiger partial charge in [0.05, 0.1) is 6.42 Å². The number of thioether (sulfide) groups is 1. The Bertz CT molecular complexity index is 266. The summed E-state index contributed by atoms with van der Waals surface area (Å²) < 4.78 is 0. The molecule has 0 bridgehead atoms. The van der Waals surface area contributed by atoms with Gasteiger partial charge in [-0.25, -0.2) is 0 Å². The van der Waals surface area contributed by atoms with Crippen LogP contribution in [0.25, 0.3) is 0 Å². The largest absolute Gasteiger partial charge is 0.481 e. The van der Waals surface area contributed by atoms with E-state index in [9.17, 15) is 9.59 Å². The second-order valence-corrected chi connectivity index (χ2v) is 6.36. The van der Waals surface area contributed by atoms with E-state index in [0.29, 0.717) is 0 Å². The van der Waals surface area contributed by atoms with E-state index >= 15 is 0 Å². The molecule has 0 saturated heterocycles. The molecule has 0 heterocycles. The highest BCUT2D eigenvalue weighted by Gasteiger charge is 2.25. The Balaban J connectivity index is 4.03. The summed E-state index contributed by atoms with van der Waals surface area (Å²) in [5, 5.41) is 11.6. The Morgan fingerprint density at radius 2 is 1.94 bits per heavy atom. The highest BCUT2D eigenvalue weighted by Crippen LogP contribution is 2.24. The third-order valence-corrected chi connectivity index (χ3v) is 3.39. The number of carboxylic acids is 1. The summed E-state index contributed by atoms with van der Waals surface area (Å²) in [6, 6.07) is 0.132. The highest BCUT2D eigenvalue weighted by atomic mass is 32.2. The number of hydrogen-bond acceptors (Lipinski definition) is 3. The van der Waals surface area contributed by atoms with Crippen LogP contribution in [0.3, 0.4) is 0 Å². The Kier molecular flexibility index (Phi) is 7.27. The van der Waals surface area contributed by atoms with Crippen LogP contribution in [-0.4, -0.2) is 34.5 Å². The molecule has 2 N–H and O–H groups in total. The lowest BCUT2D eigenvalue weighted by Gasteiger charge is -2.23. The quantitative estimate of drug-likeness (QED) is 0.702. The van der Waals surface area contributed by atoms with Crippen LogP contribution in [-0.2, 0) is 9.59 Å². The minimum atomic E-state index is -0.864. The minimum absolute atomic E-state index is 0.0124. The maximum absolute atomic E-state index is 11.7. The first-order valence-electron chi connectivity index (χ1n) is 5.85. The Morgan fingerprint density at radius 1 is 1.35 bits per heavy atom. The molecule has 0 aromatic carbocycles. The fraction of sp³-hybridized carbons (Fsp3) is 0.833. The van der Waals surface area contributed by atoms with Gasteiger partial charge < -0.3 is 10.4 Å². The molecule has 17 heavy (non-hydrogen) atoms. The molecule has 0 aliphatic carbocycles. The highest BCUT2D eigenvalue weighted by molar-refractivity contribution is 7.99. The van der Waals surface area contributed by atoms with E-state index in [2.05, 4.69) is 12.2 Å². The summed E-state index contributed by atoms with van der Waals surface area (Å²) in [6.45, 7) is 7.64. The Morgan fingerprint density at radius 3 is 2.41 bits per heavy atom. The number of carbonyl (C=O) groups excluding carboxylic acids is 1. The molecule has 0 aromatic rings. The van der Waals surface area contributed by atoms with E-state index in [1.165, 1.54) is 0 Å². The summed E-state index contributed by atoms with van der Waals surface area (Å²) in [4.78, 5) is 22.3. The van der Waals surface area contributed by atoms with Gasteiger partial charge in [-0.05, 0) is 18.1 Å². The van der Waals surface area contributed by atoms with Crippen molar-refractivity contribution in [3.63, 3.8) is 0 Å². The van der Waals surface area contributed by atoms with Gasteiger partial charge in [-0.15, -0.1) is 0 Å². The number of amides is 1. The zero-order valence-electron chi connectivity index (χ0n) is 11.1. The van der Waals surface area contributed by atoms with Gasteiger partial charge >= 0.3 is 5.97 Å². The monoisotopic (exact) mass is 261 g/mol. The number of aliphatic carboxylic acids is 1. The molecule has 1 atom stereocenters. The maximum Gasteiger partial charge on any atom is 0.303 e. The molecular formula is C12H23NO3S. The van der Waals surface area contributed by atoms with Crippen LogP contribution < -0.4 is 5.32 Å². The van der Waals surface area contributed by atoms with Crippen LogP contribution in [0.2, 0.25) is 0 Å². The van der Waals surface area contributed by atoms with Gasteiger partial charge in [0.2, 0.25) is 5.91 Å². The van der Waals surface area contributed by atoms with Crippen molar-refractivity contribution in [3.05, 3.63) is 0 Å². The first-order chi connectivity index (χ1) is 7.76. The molecule has 5 heteroatoms. The van der Waals surface area contributed by atoms with Crippen LogP contribution in [0.5, 0.6) is 0 Å². The lowest BCUT2D eigenvalue weighted by molar-refractivity contribution is -0.139. The summed E-state index contributed by atoms with van der Waals surface area (Å²) in [7, 11) is 0. The second-order valence-electron chi connectivity index (χ2n) is 5.04. The lowest BCUT2D eigenvalue weighted by atomic mass is 9.85. The molecule has 0 spiro atoms. The van der Waals surface area contributed by atoms with Crippen molar-refractivity contribution in [1.82, 2.24) is 5.32 Å². The van der Waals surface area contributed by atoms with E-state index in [4.69, 9.17) is 5.11 Å². The Hall–Kier alpha value is -0.710. The zero-order valence-corrected chi connectivity index (χ0v) is 11.9. The van der Waals surface area contributed by atoms with E-state index in [1.807, 2.05) is 6.92 Å². The average molecular weight is 261 g/mol. The molecule has 0 aliphatic rings. The van der Waals surface area contributed by atoms with Gasteiger partial charge in [0.25, 0.3) is 0 Å². The van der Waals surface area contributed by atoms with Crippen LogP contribution in [0.1, 0.15) is 40.5 Å². The summed E-state index contributed by atoms with van der Waals surface area (Å²) in [6.07, 6.45) is 0.263. The van der Waals surface area contributed by atoms with Gasteiger partial charge in [-0.3, -0.25) is 9.59 Å². The molecule has 1 unspecified atom stereocenters. The van der Waals surface area contributed by atoms with Crippen molar-refractivity contribution in [3.8, 4) is 0 Å². The lowest BCUT2D eigenvalue weighted by Crippen LogP contribution is -2.37. The number of carboxylic acid groups (broad SMARTS) is 1. The van der Waals surface area contributed by atoms with Crippen molar-refractivity contribution >= 4 is 23.6 Å². The molecule has 100 valence electrons. The summed E-state index contributed by atoms with van der Waals surface area (Å²) in [5.74, 6) is 0.990. The Labute approximate surface area is 108 Å². The van der Waals surface area contributed by atoms with Gasteiger partial charge in [0, 0.05) is 18.2 Å². The predicted octanol–water partition coefficient (Wildman–Crippen LogP) is 2.14. The molecule has 0 saturated carbocycles. The van der Waals surface area contributed by atoms with Gasteiger partial charge in [-0.2, -0.15) is 11.8 Å². The minimum Gasteiger partial charge on any atom is -0.481 e. The number of rotatable bonds is 8. The number of hydrogen-bond donors (Lipinski definition) is 2. The van der Waals surface area contributed by atoms with Crippen molar-refractivity contribution in [2.24, 2.45) is 5.41 Å². The predicted molar refractivity (Wildman–Crippen MR) is 71.3 cm³/mol. The molecule has 4 nitrogen and oxygen atoms in total. The van der Waals surface area contributed by atoms with E-state index in [-0.39, 0.29) is 24.8 Å². The van der Waals surface area contributed by atoms with Crippen LogP contribution in [0.15, 0.2) is 0 Å². The fourth-order valence-corrected chi connectivity index (χ4v) is 2.24. The zero-order chi connectivity index (χ0) is 13.5. The van der Waals surface area contributed by atoms with Crippen molar-refractivity contribution in [1.29, 1.82) is 0 Å². The standard InChI is InChI=1S/C12H23NO3S/c1-5-17-8-9(2)13-10(14)6-12(3,4)7-11(15)16/h9H,5-8H2,1-4H3,(H,13,14)(H,15,16). The molecule has 0 rings (SSSR count). The average Bonchev–Trinajstić information content (AvgIpc) is 2.10. The second kappa shape index (κ2) is 7.58. The molecule has 0 fully saturated rings. The van der Waals surface area contributed by atoms with E-state index in [1.54, 1.807) is 25.6 Å². The molecular weight excluding hydrogens is 238 g/mol.